The third kappa shape index (κ3) is 5.30. The van der Waals surface area contributed by atoms with Gasteiger partial charge in [0.2, 0.25) is 0 Å². The molecule has 1 atom stereocenters. The number of Topliss-reactive ketones (excluding diaryl/α,β-unsaturated/α-hetero) is 1. The van der Waals surface area contributed by atoms with Crippen LogP contribution in [0.3, 0.4) is 0 Å². The molecule has 3 aromatic carbocycles. The van der Waals surface area contributed by atoms with Gasteiger partial charge in [0.15, 0.2) is 16.6 Å². The third-order valence-electron chi connectivity index (χ3n) is 6.56. The zero-order valence-electron chi connectivity index (χ0n) is 23.2. The van der Waals surface area contributed by atoms with Crippen LogP contribution in [0.15, 0.2) is 66.2 Å². The van der Waals surface area contributed by atoms with Gasteiger partial charge in [-0.25, -0.2) is 4.98 Å². The largest absolute Gasteiger partial charge is 0.507 e. The molecule has 1 N–H and O–H groups in total. The van der Waals surface area contributed by atoms with Gasteiger partial charge in [0.1, 0.15) is 17.3 Å². The number of hydrogen-bond acceptors (Lipinski definition) is 9. The van der Waals surface area contributed by atoms with E-state index in [1.807, 2.05) is 26.8 Å². The summed E-state index contributed by atoms with van der Waals surface area (Å²) in [5, 5.41) is 11.8. The number of methoxy groups -OCH3 is 1. The maximum atomic E-state index is 13.7. The Morgan fingerprint density at radius 1 is 0.878 bits per heavy atom. The Morgan fingerprint density at radius 3 is 2.24 bits per heavy atom. The van der Waals surface area contributed by atoms with Crippen LogP contribution in [0.1, 0.15) is 37.9 Å². The van der Waals surface area contributed by atoms with Crippen LogP contribution >= 0.6 is 11.3 Å². The normalized spacial score (nSPS) is 16.3. The van der Waals surface area contributed by atoms with E-state index in [-0.39, 0.29) is 11.3 Å². The van der Waals surface area contributed by atoms with Crippen molar-refractivity contribution in [3.8, 4) is 23.0 Å². The molecule has 1 unspecified atom stereocenters. The highest BCUT2D eigenvalue weighted by Crippen LogP contribution is 2.46. The van der Waals surface area contributed by atoms with E-state index in [1.165, 1.54) is 16.2 Å². The Bertz CT molecular complexity index is 1630. The molecule has 0 saturated carbocycles. The molecule has 1 saturated heterocycles. The molecular weight excluding hydrogens is 544 g/mol. The summed E-state index contributed by atoms with van der Waals surface area (Å²) >= 11 is 1.26. The van der Waals surface area contributed by atoms with Crippen molar-refractivity contribution in [1.29, 1.82) is 0 Å². The summed E-state index contributed by atoms with van der Waals surface area (Å²) in [4.78, 5) is 33.3. The first-order valence-corrected chi connectivity index (χ1v) is 14.1. The maximum absolute atomic E-state index is 13.7. The number of nitrogens with zero attached hydrogens (tertiary/aromatic N) is 2. The molecule has 212 valence electrons. The van der Waals surface area contributed by atoms with Crippen LogP contribution in [0.2, 0.25) is 0 Å². The van der Waals surface area contributed by atoms with Gasteiger partial charge in [-0.1, -0.05) is 17.4 Å². The van der Waals surface area contributed by atoms with Crippen LogP contribution in [0, 0.1) is 0 Å². The minimum absolute atomic E-state index is 0.0531. The summed E-state index contributed by atoms with van der Waals surface area (Å²) < 4.78 is 23.2. The number of hydrogen-bond donors (Lipinski definition) is 1. The highest BCUT2D eigenvalue weighted by atomic mass is 32.1. The number of thiazole rings is 1. The monoisotopic (exact) mass is 574 g/mol. The van der Waals surface area contributed by atoms with Crippen LogP contribution in [-0.2, 0) is 9.59 Å². The number of carbonyl (C=O) groups excluding carboxylic acids is 2. The number of benzene rings is 3. The molecule has 4 aromatic rings. The van der Waals surface area contributed by atoms with E-state index in [0.717, 1.165) is 4.70 Å². The number of aromatic nitrogens is 1. The van der Waals surface area contributed by atoms with Crippen molar-refractivity contribution in [3.05, 3.63) is 77.4 Å². The first-order valence-electron chi connectivity index (χ1n) is 13.3. The number of amides is 1. The minimum Gasteiger partial charge on any atom is -0.507 e. The van der Waals surface area contributed by atoms with Crippen molar-refractivity contribution in [1.82, 2.24) is 4.98 Å². The third-order valence-corrected chi connectivity index (χ3v) is 7.57. The second-order valence-corrected chi connectivity index (χ2v) is 10.0. The summed E-state index contributed by atoms with van der Waals surface area (Å²) in [7, 11) is 1.57. The van der Waals surface area contributed by atoms with Crippen LogP contribution in [0.5, 0.6) is 23.0 Å². The molecule has 0 spiro atoms. The topological polar surface area (TPSA) is 107 Å². The zero-order chi connectivity index (χ0) is 29.1. The van der Waals surface area contributed by atoms with Crippen LogP contribution < -0.4 is 23.8 Å². The van der Waals surface area contributed by atoms with Gasteiger partial charge in [-0.3, -0.25) is 14.5 Å². The van der Waals surface area contributed by atoms with E-state index >= 15 is 0 Å². The van der Waals surface area contributed by atoms with Crippen molar-refractivity contribution in [2.24, 2.45) is 0 Å². The second-order valence-electron chi connectivity index (χ2n) is 9.03. The Morgan fingerprint density at radius 2 is 1.56 bits per heavy atom. The van der Waals surface area contributed by atoms with E-state index in [0.29, 0.717) is 64.6 Å². The summed E-state index contributed by atoms with van der Waals surface area (Å²) in [5.74, 6) is 0.369. The lowest BCUT2D eigenvalue weighted by molar-refractivity contribution is -0.132. The molecule has 1 aliphatic rings. The SMILES string of the molecule is CCOc1ccc(C(O)=C2C(=O)C(=O)N(c3nc4ccc(OC)cc4s3)C2c2ccc(OCC)c(OCC)c2)cc1. The van der Waals surface area contributed by atoms with Gasteiger partial charge < -0.3 is 24.1 Å². The Labute approximate surface area is 241 Å². The fraction of sp³-hybridized carbons (Fsp3) is 0.258. The molecule has 1 aromatic heterocycles. The lowest BCUT2D eigenvalue weighted by Crippen LogP contribution is -2.29. The fourth-order valence-electron chi connectivity index (χ4n) is 4.74. The molecule has 9 nitrogen and oxygen atoms in total. The molecule has 0 radical (unpaired) electrons. The number of rotatable bonds is 10. The van der Waals surface area contributed by atoms with E-state index < -0.39 is 17.7 Å². The van der Waals surface area contributed by atoms with Gasteiger partial charge in [-0.15, -0.1) is 0 Å². The van der Waals surface area contributed by atoms with Gasteiger partial charge in [-0.05, 0) is 80.9 Å². The minimum atomic E-state index is -0.973. The fourth-order valence-corrected chi connectivity index (χ4v) is 5.76. The van der Waals surface area contributed by atoms with Gasteiger partial charge in [0.25, 0.3) is 5.78 Å². The summed E-state index contributed by atoms with van der Waals surface area (Å²) in [5.41, 5.74) is 1.53. The van der Waals surface area contributed by atoms with Gasteiger partial charge in [0, 0.05) is 5.56 Å². The second kappa shape index (κ2) is 11.9. The van der Waals surface area contributed by atoms with Crippen molar-refractivity contribution in [3.63, 3.8) is 0 Å². The molecule has 2 heterocycles. The Balaban J connectivity index is 1.70. The van der Waals surface area contributed by atoms with E-state index in [2.05, 4.69) is 4.98 Å². The van der Waals surface area contributed by atoms with E-state index in [9.17, 15) is 14.7 Å². The highest BCUT2D eigenvalue weighted by molar-refractivity contribution is 7.22. The average Bonchev–Trinajstić information content (AvgIpc) is 3.51. The zero-order valence-corrected chi connectivity index (χ0v) is 24.0. The average molecular weight is 575 g/mol. The van der Waals surface area contributed by atoms with Gasteiger partial charge in [0.05, 0.1) is 48.8 Å². The summed E-state index contributed by atoms with van der Waals surface area (Å²) in [6, 6.07) is 16.4. The molecule has 1 fully saturated rings. The number of anilines is 1. The van der Waals surface area contributed by atoms with E-state index in [1.54, 1.807) is 61.7 Å². The molecule has 0 bridgehead atoms. The lowest BCUT2D eigenvalue weighted by atomic mass is 9.95. The summed E-state index contributed by atoms with van der Waals surface area (Å²) in [6.45, 7) is 6.92. The maximum Gasteiger partial charge on any atom is 0.301 e. The molecule has 1 aliphatic heterocycles. The molecular formula is C31H30N2O7S. The van der Waals surface area contributed by atoms with Crippen LogP contribution in [0.4, 0.5) is 5.13 Å². The van der Waals surface area contributed by atoms with Crippen molar-refractivity contribution in [2.45, 2.75) is 26.8 Å². The van der Waals surface area contributed by atoms with Gasteiger partial charge >= 0.3 is 5.91 Å². The van der Waals surface area contributed by atoms with Crippen molar-refractivity contribution in [2.75, 3.05) is 31.8 Å². The lowest BCUT2D eigenvalue weighted by Gasteiger charge is -2.24. The molecule has 1 amide bonds. The van der Waals surface area contributed by atoms with Crippen LogP contribution in [0.25, 0.3) is 16.0 Å². The number of ketones is 1. The Hall–Kier alpha value is -4.57. The first-order chi connectivity index (χ1) is 19.9. The van der Waals surface area contributed by atoms with Gasteiger partial charge in [-0.2, -0.15) is 0 Å². The summed E-state index contributed by atoms with van der Waals surface area (Å²) in [6.07, 6.45) is 0. The van der Waals surface area contributed by atoms with Crippen LogP contribution in [-0.4, -0.2) is 48.7 Å². The van der Waals surface area contributed by atoms with Crippen molar-refractivity contribution >= 4 is 44.1 Å². The Kier molecular flexibility index (Phi) is 8.11. The van der Waals surface area contributed by atoms with E-state index in [4.69, 9.17) is 18.9 Å². The molecule has 5 rings (SSSR count). The number of aliphatic hydroxyl groups is 1. The number of aliphatic hydroxyl groups excluding tert-OH is 1. The smallest absolute Gasteiger partial charge is 0.301 e. The molecule has 41 heavy (non-hydrogen) atoms. The number of carbonyl (C=O) groups is 2. The standard InChI is InChI=1S/C31H30N2O7S/c1-5-38-20-11-8-18(9-12-20)28(34)26-27(19-10-15-23(39-6-2)24(16-19)40-7-3)33(30(36)29(26)35)31-32-22-14-13-21(37-4)17-25(22)41-31/h8-17,27,34H,5-7H2,1-4H3. The quantitative estimate of drug-likeness (QED) is 0.137. The number of ether oxygens (including phenoxy) is 4. The highest BCUT2D eigenvalue weighted by Gasteiger charge is 2.48. The molecule has 0 aliphatic carbocycles. The molecule has 10 heteroatoms. The predicted molar refractivity (Wildman–Crippen MR) is 157 cm³/mol. The number of fused-ring (bicyclic) bond motifs is 1. The van der Waals surface area contributed by atoms with Crippen molar-refractivity contribution < 1.29 is 33.6 Å². The predicted octanol–water partition coefficient (Wildman–Crippen LogP) is 6.13. The first kappa shape index (κ1) is 28.0.